The number of aryl methyl sites for hydroxylation is 1. The molecule has 0 bridgehead atoms. The van der Waals surface area contributed by atoms with Crippen LogP contribution in [0.5, 0.6) is 0 Å². The van der Waals surface area contributed by atoms with Gasteiger partial charge in [0, 0.05) is 4.88 Å². The van der Waals surface area contributed by atoms with Crippen LogP contribution in [0.2, 0.25) is 5.02 Å². The van der Waals surface area contributed by atoms with Crippen molar-refractivity contribution in [2.45, 2.75) is 39.0 Å². The number of hydrogen-bond acceptors (Lipinski definition) is 6. The number of nitrogens with zero attached hydrogens (tertiary/aromatic N) is 1. The second-order valence-corrected chi connectivity index (χ2v) is 10.3. The molecule has 0 saturated heterocycles. The number of nitrogens with one attached hydrogen (secondary N) is 1. The molecule has 0 fully saturated rings. The first kappa shape index (κ1) is 25.2. The maximum atomic E-state index is 14.6. The molecule has 1 atom stereocenters. The van der Waals surface area contributed by atoms with Crippen molar-refractivity contribution < 1.29 is 23.2 Å². The van der Waals surface area contributed by atoms with Crippen LogP contribution in [0.15, 0.2) is 53.1 Å². The van der Waals surface area contributed by atoms with E-state index in [-0.39, 0.29) is 34.2 Å². The van der Waals surface area contributed by atoms with Crippen LogP contribution in [0.3, 0.4) is 0 Å². The van der Waals surface area contributed by atoms with Gasteiger partial charge < -0.3 is 14.6 Å². The van der Waals surface area contributed by atoms with Crippen molar-refractivity contribution in [2.75, 3.05) is 11.9 Å². The van der Waals surface area contributed by atoms with Gasteiger partial charge in [-0.3, -0.25) is 4.79 Å². The van der Waals surface area contributed by atoms with Crippen molar-refractivity contribution in [1.29, 1.82) is 0 Å². The van der Waals surface area contributed by atoms with Crippen molar-refractivity contribution in [2.24, 2.45) is 0 Å². The molecule has 0 aliphatic heterocycles. The fourth-order valence-corrected chi connectivity index (χ4v) is 6.37. The molecule has 2 aromatic carbocycles. The number of amides is 1. The quantitative estimate of drug-likeness (QED) is 0.262. The predicted octanol–water partition coefficient (Wildman–Crippen LogP) is 7.21. The van der Waals surface area contributed by atoms with E-state index in [0.717, 1.165) is 23.3 Å². The monoisotopic (exact) mass is 538 g/mol. The minimum absolute atomic E-state index is 0.00115. The van der Waals surface area contributed by atoms with Crippen molar-refractivity contribution >= 4 is 39.8 Å². The number of hydrogen-bond donors (Lipinski definition) is 1. The Kier molecular flexibility index (Phi) is 7.13. The Labute approximate surface area is 222 Å². The molecule has 4 aromatic rings. The third kappa shape index (κ3) is 4.79. The fourth-order valence-electron chi connectivity index (χ4n) is 4.80. The summed E-state index contributed by atoms with van der Waals surface area (Å²) in [5.74, 6) is -1.15. The highest BCUT2D eigenvalue weighted by Crippen LogP contribution is 2.43. The van der Waals surface area contributed by atoms with Crippen LogP contribution < -0.4 is 5.32 Å². The molecular weight excluding hydrogens is 515 g/mol. The van der Waals surface area contributed by atoms with E-state index in [2.05, 4.69) is 22.6 Å². The van der Waals surface area contributed by atoms with Gasteiger partial charge in [0.25, 0.3) is 5.91 Å². The Morgan fingerprint density at radius 3 is 2.70 bits per heavy atom. The lowest BCUT2D eigenvalue weighted by Gasteiger charge is -2.23. The minimum Gasteiger partial charge on any atom is -0.462 e. The summed E-state index contributed by atoms with van der Waals surface area (Å²) in [6.07, 6.45) is 2.33. The van der Waals surface area contributed by atoms with Gasteiger partial charge in [-0.15, -0.1) is 11.3 Å². The zero-order valence-corrected chi connectivity index (χ0v) is 21.8. The van der Waals surface area contributed by atoms with Gasteiger partial charge in [-0.1, -0.05) is 53.2 Å². The van der Waals surface area contributed by atoms with Crippen LogP contribution >= 0.6 is 22.9 Å². The Bertz CT molecular complexity index is 1460. The number of halogens is 2. The lowest BCUT2D eigenvalue weighted by atomic mass is 9.83. The van der Waals surface area contributed by atoms with Crippen LogP contribution in [0.25, 0.3) is 11.3 Å². The molecule has 0 spiro atoms. The van der Waals surface area contributed by atoms with Crippen molar-refractivity contribution in [1.82, 2.24) is 5.16 Å². The van der Waals surface area contributed by atoms with Crippen molar-refractivity contribution in [3.8, 4) is 11.3 Å². The number of aromatic nitrogens is 1. The summed E-state index contributed by atoms with van der Waals surface area (Å²) >= 11 is 7.60. The first-order valence-corrected chi connectivity index (χ1v) is 13.2. The van der Waals surface area contributed by atoms with Crippen LogP contribution in [0.1, 0.15) is 61.7 Å². The van der Waals surface area contributed by atoms with E-state index in [4.69, 9.17) is 20.9 Å². The van der Waals surface area contributed by atoms with E-state index in [1.54, 1.807) is 13.8 Å². The number of rotatable bonds is 6. The number of ether oxygens (including phenoxy) is 1. The highest BCUT2D eigenvalue weighted by Gasteiger charge is 2.32. The molecule has 9 heteroatoms. The molecule has 1 aliphatic carbocycles. The second-order valence-electron chi connectivity index (χ2n) is 8.79. The lowest BCUT2D eigenvalue weighted by molar-refractivity contribution is 0.0526. The maximum Gasteiger partial charge on any atom is 0.341 e. The summed E-state index contributed by atoms with van der Waals surface area (Å²) in [6.45, 7) is 3.52. The summed E-state index contributed by atoms with van der Waals surface area (Å²) < 4.78 is 25.2. The standard InChI is InChI=1S/C28H24ClFN2O4S/c1-3-35-28(34)23-18-13-12-17(16-8-5-4-6-9-16)14-21(18)37-27(23)31-26(33)22-15(2)36-32-25(22)24-19(29)10-7-11-20(24)30/h4-11,17H,3,12-14H2,1-2H3,(H,31,33)/t17-/m0/s1. The first-order valence-electron chi connectivity index (χ1n) is 12.0. The number of benzene rings is 2. The third-order valence-corrected chi connectivity index (χ3v) is 8.02. The number of thiophene rings is 1. The molecule has 5 rings (SSSR count). The summed E-state index contributed by atoms with van der Waals surface area (Å²) in [6, 6.07) is 14.5. The molecular formula is C28H24ClFN2O4S. The van der Waals surface area contributed by atoms with E-state index < -0.39 is 17.7 Å². The highest BCUT2D eigenvalue weighted by atomic mass is 35.5. The number of anilines is 1. The molecule has 37 heavy (non-hydrogen) atoms. The predicted molar refractivity (Wildman–Crippen MR) is 141 cm³/mol. The van der Waals surface area contributed by atoms with Gasteiger partial charge in [-0.2, -0.15) is 0 Å². The lowest BCUT2D eigenvalue weighted by Crippen LogP contribution is -2.17. The van der Waals surface area contributed by atoms with Crippen LogP contribution in [-0.2, 0) is 17.6 Å². The fraction of sp³-hybridized carbons (Fsp3) is 0.250. The topological polar surface area (TPSA) is 81.4 Å². The zero-order chi connectivity index (χ0) is 26.1. The average Bonchev–Trinajstić information content (AvgIpc) is 3.44. The first-order chi connectivity index (χ1) is 17.9. The van der Waals surface area contributed by atoms with Gasteiger partial charge in [-0.25, -0.2) is 9.18 Å². The Balaban J connectivity index is 1.51. The maximum absolute atomic E-state index is 14.6. The normalized spacial score (nSPS) is 14.8. The van der Waals surface area contributed by atoms with Gasteiger partial charge in [0.15, 0.2) is 0 Å². The largest absolute Gasteiger partial charge is 0.462 e. The minimum atomic E-state index is -0.624. The molecule has 2 heterocycles. The SMILES string of the molecule is CCOC(=O)c1c(NC(=O)c2c(-c3c(F)cccc3Cl)noc2C)sc2c1CC[C@H](c1ccccc1)C2. The van der Waals surface area contributed by atoms with Gasteiger partial charge in [-0.05, 0) is 62.3 Å². The van der Waals surface area contributed by atoms with Crippen LogP contribution in [0.4, 0.5) is 9.39 Å². The molecule has 6 nitrogen and oxygen atoms in total. The molecule has 1 N–H and O–H groups in total. The van der Waals surface area contributed by atoms with Gasteiger partial charge in [0.2, 0.25) is 0 Å². The van der Waals surface area contributed by atoms with Crippen LogP contribution in [0, 0.1) is 12.7 Å². The number of fused-ring (bicyclic) bond motifs is 1. The summed E-state index contributed by atoms with van der Waals surface area (Å²) in [4.78, 5) is 27.6. The van der Waals surface area contributed by atoms with Gasteiger partial charge in [0.1, 0.15) is 27.8 Å². The molecule has 0 saturated carbocycles. The Morgan fingerprint density at radius 1 is 1.19 bits per heavy atom. The molecule has 190 valence electrons. The highest BCUT2D eigenvalue weighted by molar-refractivity contribution is 7.17. The van der Waals surface area contributed by atoms with Crippen LogP contribution in [-0.4, -0.2) is 23.6 Å². The average molecular weight is 539 g/mol. The van der Waals surface area contributed by atoms with E-state index >= 15 is 0 Å². The van der Waals surface area contributed by atoms with E-state index in [1.165, 1.54) is 35.1 Å². The van der Waals surface area contributed by atoms with E-state index in [1.807, 2.05) is 18.2 Å². The third-order valence-electron chi connectivity index (χ3n) is 6.53. The van der Waals surface area contributed by atoms with E-state index in [9.17, 15) is 14.0 Å². The molecule has 0 radical (unpaired) electrons. The van der Waals surface area contributed by atoms with E-state index in [0.29, 0.717) is 22.9 Å². The molecule has 2 aromatic heterocycles. The molecule has 1 aliphatic rings. The number of carbonyl (C=O) groups excluding carboxylic acids is 2. The number of carbonyl (C=O) groups is 2. The van der Waals surface area contributed by atoms with Gasteiger partial charge in [0.05, 0.1) is 22.8 Å². The zero-order valence-electron chi connectivity index (χ0n) is 20.3. The molecule has 1 amide bonds. The summed E-state index contributed by atoms with van der Waals surface area (Å²) in [5.41, 5.74) is 2.56. The Hall–Kier alpha value is -3.49. The van der Waals surface area contributed by atoms with Gasteiger partial charge >= 0.3 is 5.97 Å². The van der Waals surface area contributed by atoms with Crippen molar-refractivity contribution in [3.05, 3.63) is 92.3 Å². The summed E-state index contributed by atoms with van der Waals surface area (Å²) in [7, 11) is 0. The molecule has 0 unspecified atom stereocenters. The Morgan fingerprint density at radius 2 is 1.97 bits per heavy atom. The van der Waals surface area contributed by atoms with Crippen molar-refractivity contribution in [3.63, 3.8) is 0 Å². The number of esters is 1. The second kappa shape index (κ2) is 10.5. The summed E-state index contributed by atoms with van der Waals surface area (Å²) in [5, 5.41) is 7.29. The smallest absolute Gasteiger partial charge is 0.341 e.